The van der Waals surface area contributed by atoms with E-state index in [-0.39, 0.29) is 45.1 Å². The van der Waals surface area contributed by atoms with Gasteiger partial charge in [0.2, 0.25) is 5.91 Å². The van der Waals surface area contributed by atoms with Gasteiger partial charge in [-0.15, -0.1) is 0 Å². The van der Waals surface area contributed by atoms with E-state index in [0.717, 1.165) is 64.0 Å². The minimum absolute atomic E-state index is 0.0951. The zero-order valence-electron chi connectivity index (χ0n) is 42.2. The van der Waals surface area contributed by atoms with E-state index in [1.165, 1.54) is 11.3 Å². The minimum Gasteiger partial charge on any atom is -0.489 e. The predicted octanol–water partition coefficient (Wildman–Crippen LogP) is 10.9. The number of nitrogens with zero attached hydrogens (tertiary/aromatic N) is 2. The molecule has 386 valence electrons. The lowest BCUT2D eigenvalue weighted by Crippen LogP contribution is -2.63. The van der Waals surface area contributed by atoms with Crippen molar-refractivity contribution in [2.24, 2.45) is 5.73 Å². The van der Waals surface area contributed by atoms with Gasteiger partial charge in [-0.1, -0.05) is 110 Å². The number of carboxylic acid groups (broad SMARTS) is 1. The standard InChI is InChI=1S/C58H70N6O9/c1-58(2,3)73-56(69)60-35-15-17-37-64(57(70)72-39-50-48-24-12-10-22-46(48)47-23-11-13-25-49(47)50)52(54(66)67)51(53(65)61-43-28-26-42(27-29-43)41-20-8-5-9-21-41)63(36-16-14-34-59)55(68)62-44-30-32-45(33-31-44)71-38-40-18-6-4-7-19-40/h4,6-7,10-13,18-19,22-33,41,50-52H,5,8-9,14-17,20-21,34-39,59H2,1-3H3,(H,60,69)(H,61,65)(H,62,68)(H,66,67). The van der Waals surface area contributed by atoms with Crippen molar-refractivity contribution in [2.75, 3.05) is 43.4 Å². The first-order valence-corrected chi connectivity index (χ1v) is 25.6. The lowest BCUT2D eigenvalue weighted by atomic mass is 9.84. The van der Waals surface area contributed by atoms with Gasteiger partial charge in [-0.25, -0.2) is 19.2 Å². The van der Waals surface area contributed by atoms with Crippen molar-refractivity contribution in [3.63, 3.8) is 0 Å². The summed E-state index contributed by atoms with van der Waals surface area (Å²) in [4.78, 5) is 73.7. The molecule has 0 radical (unpaired) electrons. The molecule has 0 bridgehead atoms. The van der Waals surface area contributed by atoms with Crippen LogP contribution in [0.25, 0.3) is 11.1 Å². The van der Waals surface area contributed by atoms with Crippen LogP contribution in [0.15, 0.2) is 127 Å². The van der Waals surface area contributed by atoms with Crippen molar-refractivity contribution in [2.45, 2.75) is 115 Å². The van der Waals surface area contributed by atoms with Crippen molar-refractivity contribution < 1.29 is 43.3 Å². The first-order valence-electron chi connectivity index (χ1n) is 25.6. The van der Waals surface area contributed by atoms with E-state index in [0.29, 0.717) is 48.9 Å². The molecule has 0 heterocycles. The van der Waals surface area contributed by atoms with Crippen molar-refractivity contribution in [3.05, 3.63) is 150 Å². The summed E-state index contributed by atoms with van der Waals surface area (Å²) in [6.45, 7) is 5.57. The fraction of sp³-hybridized carbons (Fsp3) is 0.397. The Bertz CT molecular complexity index is 2570. The maximum Gasteiger partial charge on any atom is 0.410 e. The van der Waals surface area contributed by atoms with E-state index >= 15 is 4.79 Å². The van der Waals surface area contributed by atoms with E-state index in [2.05, 4.69) is 16.0 Å². The Labute approximate surface area is 428 Å². The quantitative estimate of drug-likeness (QED) is 0.0415. The van der Waals surface area contributed by atoms with Crippen LogP contribution in [-0.4, -0.2) is 95.5 Å². The van der Waals surface area contributed by atoms with E-state index in [1.807, 2.05) is 91.0 Å². The summed E-state index contributed by atoms with van der Waals surface area (Å²) in [5, 5.41) is 20.0. The Kier molecular flexibility index (Phi) is 18.9. The smallest absolute Gasteiger partial charge is 0.410 e. The van der Waals surface area contributed by atoms with Gasteiger partial charge >= 0.3 is 24.2 Å². The molecule has 5 aromatic carbocycles. The van der Waals surface area contributed by atoms with Crippen LogP contribution >= 0.6 is 0 Å². The number of carboxylic acids is 1. The number of anilines is 2. The second-order valence-electron chi connectivity index (χ2n) is 19.7. The lowest BCUT2D eigenvalue weighted by Gasteiger charge is -2.39. The Hall–Kier alpha value is -7.39. The summed E-state index contributed by atoms with van der Waals surface area (Å²) < 4.78 is 17.5. The van der Waals surface area contributed by atoms with Gasteiger partial charge in [-0.2, -0.15) is 0 Å². The summed E-state index contributed by atoms with van der Waals surface area (Å²) in [7, 11) is 0. The van der Waals surface area contributed by atoms with Gasteiger partial charge in [-0.3, -0.25) is 9.69 Å². The number of amides is 5. The number of alkyl carbamates (subject to hydrolysis) is 1. The number of rotatable bonds is 22. The van der Waals surface area contributed by atoms with Crippen LogP contribution in [0.1, 0.15) is 113 Å². The highest BCUT2D eigenvalue weighted by Gasteiger charge is 2.46. The molecule has 2 aliphatic carbocycles. The molecule has 0 aliphatic heterocycles. The Balaban J connectivity index is 1.21. The number of hydrogen-bond acceptors (Lipinski definition) is 9. The molecule has 2 unspecified atom stereocenters. The molecule has 73 heavy (non-hydrogen) atoms. The fourth-order valence-electron chi connectivity index (χ4n) is 9.68. The average Bonchev–Trinajstić information content (AvgIpc) is 3.71. The molecule has 0 aromatic heterocycles. The lowest BCUT2D eigenvalue weighted by molar-refractivity contribution is -0.147. The maximum atomic E-state index is 15.2. The number of nitrogens with one attached hydrogen (secondary N) is 3. The Morgan fingerprint density at radius 1 is 0.685 bits per heavy atom. The number of unbranched alkanes of at least 4 members (excludes halogenated alkanes) is 2. The van der Waals surface area contributed by atoms with E-state index in [9.17, 15) is 24.3 Å². The molecule has 0 spiro atoms. The molecule has 1 fully saturated rings. The molecule has 2 aliphatic rings. The number of carbonyl (C=O) groups is 5. The number of urea groups is 1. The van der Waals surface area contributed by atoms with E-state index < -0.39 is 47.8 Å². The Morgan fingerprint density at radius 2 is 1.27 bits per heavy atom. The number of benzene rings is 5. The SMILES string of the molecule is CC(C)(C)OC(=O)NCCCCN(C(=O)OCC1c2ccccc2-c2ccccc21)C(C(=O)O)C(C(=O)Nc1ccc(C2CCCCC2)cc1)N(CCCCN)C(=O)Nc1ccc(OCc2ccccc2)cc1. The number of nitrogens with two attached hydrogens (primary N) is 1. The van der Waals surface area contributed by atoms with Crippen LogP contribution in [0.4, 0.5) is 25.8 Å². The molecule has 2 atom stereocenters. The zero-order valence-corrected chi connectivity index (χ0v) is 42.2. The number of aliphatic carboxylic acids is 1. The third-order valence-corrected chi connectivity index (χ3v) is 13.3. The van der Waals surface area contributed by atoms with Crippen molar-refractivity contribution in [3.8, 4) is 16.9 Å². The zero-order chi connectivity index (χ0) is 51.7. The summed E-state index contributed by atoms with van der Waals surface area (Å²) in [5.41, 5.74) is 12.0. The average molecular weight is 995 g/mol. The number of hydrogen-bond donors (Lipinski definition) is 5. The van der Waals surface area contributed by atoms with Gasteiger partial charge in [0.15, 0.2) is 6.04 Å². The molecule has 5 aromatic rings. The topological polar surface area (TPSA) is 202 Å². The molecule has 15 heteroatoms. The minimum atomic E-state index is -1.96. The van der Waals surface area contributed by atoms with Crippen LogP contribution < -0.4 is 26.4 Å². The molecule has 7 rings (SSSR count). The summed E-state index contributed by atoms with van der Waals surface area (Å²) in [6, 6.07) is 35.1. The van der Waals surface area contributed by atoms with Gasteiger partial charge in [0.05, 0.1) is 0 Å². The normalized spacial score (nSPS) is 14.1. The van der Waals surface area contributed by atoms with Gasteiger partial charge in [-0.05, 0) is 142 Å². The second kappa shape index (κ2) is 25.8. The summed E-state index contributed by atoms with van der Waals surface area (Å²) in [6.07, 6.45) is 5.28. The molecule has 1 saturated carbocycles. The third kappa shape index (κ3) is 14.8. The summed E-state index contributed by atoms with van der Waals surface area (Å²) in [5.74, 6) is -1.76. The largest absolute Gasteiger partial charge is 0.489 e. The summed E-state index contributed by atoms with van der Waals surface area (Å²) >= 11 is 0. The predicted molar refractivity (Wildman–Crippen MR) is 283 cm³/mol. The molecule has 6 N–H and O–H groups in total. The molecular weight excluding hydrogens is 925 g/mol. The van der Waals surface area contributed by atoms with E-state index in [1.54, 1.807) is 57.2 Å². The van der Waals surface area contributed by atoms with Crippen molar-refractivity contribution >= 4 is 41.5 Å². The van der Waals surface area contributed by atoms with Crippen molar-refractivity contribution in [1.29, 1.82) is 0 Å². The highest BCUT2D eigenvalue weighted by atomic mass is 16.6. The number of fused-ring (bicyclic) bond motifs is 3. The van der Waals surface area contributed by atoms with E-state index in [4.69, 9.17) is 19.9 Å². The van der Waals surface area contributed by atoms with Gasteiger partial charge < -0.3 is 45.9 Å². The first kappa shape index (κ1) is 53.4. The molecule has 15 nitrogen and oxygen atoms in total. The van der Waals surface area contributed by atoms with Crippen LogP contribution in [-0.2, 0) is 25.7 Å². The highest BCUT2D eigenvalue weighted by molar-refractivity contribution is 6.03. The third-order valence-electron chi connectivity index (χ3n) is 13.3. The number of carbonyl (C=O) groups excluding carboxylic acids is 4. The van der Waals surface area contributed by atoms with Crippen LogP contribution in [0, 0.1) is 0 Å². The monoisotopic (exact) mass is 995 g/mol. The van der Waals surface area contributed by atoms with Crippen LogP contribution in [0.5, 0.6) is 5.75 Å². The van der Waals surface area contributed by atoms with Crippen molar-refractivity contribution in [1.82, 2.24) is 15.1 Å². The van der Waals surface area contributed by atoms with Crippen LogP contribution in [0.3, 0.4) is 0 Å². The first-order chi connectivity index (χ1) is 35.3. The maximum absolute atomic E-state index is 15.2. The Morgan fingerprint density at radius 3 is 1.90 bits per heavy atom. The molecular formula is C58H70N6O9. The van der Waals surface area contributed by atoms with Gasteiger partial charge in [0, 0.05) is 36.9 Å². The fourth-order valence-corrected chi connectivity index (χ4v) is 9.68. The van der Waals surface area contributed by atoms with Gasteiger partial charge in [0.25, 0.3) is 0 Å². The second-order valence-corrected chi connectivity index (χ2v) is 19.7. The molecule has 5 amide bonds. The molecule has 0 saturated heterocycles. The van der Waals surface area contributed by atoms with Gasteiger partial charge in [0.1, 0.15) is 30.6 Å². The highest BCUT2D eigenvalue weighted by Crippen LogP contribution is 2.44. The number of ether oxygens (including phenoxy) is 3. The van der Waals surface area contributed by atoms with Crippen LogP contribution in [0.2, 0.25) is 0 Å².